The Kier molecular flexibility index (Phi) is 3.78. The predicted molar refractivity (Wildman–Crippen MR) is 64.8 cm³/mol. The average Bonchev–Trinajstić information content (AvgIpc) is 2.37. The Morgan fingerprint density at radius 3 is 2.21 bits per heavy atom. The molecule has 2 rings (SSSR count). The van der Waals surface area contributed by atoms with Crippen molar-refractivity contribution in [3.63, 3.8) is 0 Å². The Morgan fingerprint density at radius 2 is 1.68 bits per heavy atom. The molecule has 0 radical (unpaired) electrons. The molecule has 1 aromatic heterocycles. The van der Waals surface area contributed by atoms with E-state index in [4.69, 9.17) is 11.6 Å². The number of halogens is 4. The Morgan fingerprint density at radius 1 is 1.05 bits per heavy atom. The van der Waals surface area contributed by atoms with E-state index in [1.54, 1.807) is 6.07 Å². The van der Waals surface area contributed by atoms with Crippen molar-refractivity contribution in [2.75, 3.05) is 0 Å². The van der Waals surface area contributed by atoms with Crippen LogP contribution in [-0.2, 0) is 6.18 Å². The largest absolute Gasteiger partial charge is 0.416 e. The van der Waals surface area contributed by atoms with Gasteiger partial charge in [0.25, 0.3) is 0 Å². The van der Waals surface area contributed by atoms with E-state index >= 15 is 0 Å². The first-order valence-corrected chi connectivity index (χ1v) is 5.72. The van der Waals surface area contributed by atoms with Crippen LogP contribution >= 0.6 is 11.6 Å². The fourth-order valence-corrected chi connectivity index (χ4v) is 1.82. The van der Waals surface area contributed by atoms with E-state index in [1.807, 2.05) is 0 Å². The van der Waals surface area contributed by atoms with Crippen LogP contribution in [0.4, 0.5) is 13.2 Å². The van der Waals surface area contributed by atoms with Crippen molar-refractivity contribution in [1.82, 2.24) is 4.98 Å². The van der Waals surface area contributed by atoms with Gasteiger partial charge in [0.2, 0.25) is 0 Å². The Labute approximate surface area is 112 Å². The predicted octanol–water partition coefficient (Wildman–Crippen LogP) is 3.84. The zero-order chi connectivity index (χ0) is 14.0. The summed E-state index contributed by atoms with van der Waals surface area (Å²) in [5, 5.41) is 10.3. The first-order chi connectivity index (χ1) is 8.88. The van der Waals surface area contributed by atoms with E-state index in [2.05, 4.69) is 4.98 Å². The van der Waals surface area contributed by atoms with Gasteiger partial charge in [0.1, 0.15) is 11.3 Å². The molecule has 19 heavy (non-hydrogen) atoms. The Bertz CT molecular complexity index is 569. The lowest BCUT2D eigenvalue weighted by Crippen LogP contribution is -2.06. The second kappa shape index (κ2) is 5.19. The minimum absolute atomic E-state index is 0.212. The minimum atomic E-state index is -4.39. The molecule has 0 saturated heterocycles. The van der Waals surface area contributed by atoms with Crippen LogP contribution in [0, 0.1) is 0 Å². The van der Waals surface area contributed by atoms with Crippen LogP contribution in [0.5, 0.6) is 0 Å². The maximum absolute atomic E-state index is 12.4. The summed E-state index contributed by atoms with van der Waals surface area (Å²) in [4.78, 5) is 3.77. The molecular formula is C13H9ClF3NO. The normalized spacial score (nSPS) is 13.3. The number of alkyl halides is 3. The molecule has 6 heteroatoms. The van der Waals surface area contributed by atoms with Crippen LogP contribution < -0.4 is 0 Å². The lowest BCUT2D eigenvalue weighted by atomic mass is 10.0. The molecule has 0 bridgehead atoms. The number of nitrogens with zero attached hydrogens (tertiary/aromatic N) is 1. The first kappa shape index (κ1) is 13.8. The molecule has 1 heterocycles. The highest BCUT2D eigenvalue weighted by atomic mass is 35.5. The van der Waals surface area contributed by atoms with Gasteiger partial charge in [-0.05, 0) is 35.4 Å². The van der Waals surface area contributed by atoms with Gasteiger partial charge < -0.3 is 5.11 Å². The molecule has 0 fully saturated rings. The number of aliphatic hydroxyl groups is 1. The molecule has 0 aliphatic rings. The lowest BCUT2D eigenvalue weighted by Gasteiger charge is -2.13. The summed E-state index contributed by atoms with van der Waals surface area (Å²) in [6, 6.07) is 7.35. The molecule has 2 nitrogen and oxygen atoms in total. The average molecular weight is 288 g/mol. The maximum Gasteiger partial charge on any atom is 0.416 e. The smallest absolute Gasteiger partial charge is 0.384 e. The molecule has 2 aromatic rings. The standard InChI is InChI=1S/C13H9ClF3NO/c14-11-7-9(5-6-18-11)12(19)8-1-3-10(4-2-8)13(15,16)17/h1-7,12,19H. The van der Waals surface area contributed by atoms with Gasteiger partial charge >= 0.3 is 6.18 Å². The molecule has 1 N–H and O–H groups in total. The van der Waals surface area contributed by atoms with Crippen molar-refractivity contribution in [3.8, 4) is 0 Å². The van der Waals surface area contributed by atoms with E-state index < -0.39 is 17.8 Å². The van der Waals surface area contributed by atoms with Gasteiger partial charge in [-0.2, -0.15) is 13.2 Å². The third-order valence-electron chi connectivity index (χ3n) is 2.62. The second-order valence-corrected chi connectivity index (χ2v) is 4.32. The van der Waals surface area contributed by atoms with Gasteiger partial charge in [0, 0.05) is 6.20 Å². The van der Waals surface area contributed by atoms with E-state index in [0.717, 1.165) is 12.1 Å². The lowest BCUT2D eigenvalue weighted by molar-refractivity contribution is -0.137. The van der Waals surface area contributed by atoms with E-state index in [0.29, 0.717) is 11.1 Å². The highest BCUT2D eigenvalue weighted by Gasteiger charge is 2.30. The summed E-state index contributed by atoms with van der Waals surface area (Å²) < 4.78 is 37.2. The number of aliphatic hydroxyl groups excluding tert-OH is 1. The Hall–Kier alpha value is -1.59. The summed E-state index contributed by atoms with van der Waals surface area (Å²) in [7, 11) is 0. The van der Waals surface area contributed by atoms with Crippen molar-refractivity contribution in [1.29, 1.82) is 0 Å². The quantitative estimate of drug-likeness (QED) is 0.852. The molecule has 0 spiro atoms. The summed E-state index contributed by atoms with van der Waals surface area (Å²) in [5.41, 5.74) is 0.0752. The molecule has 1 atom stereocenters. The van der Waals surface area contributed by atoms with Crippen molar-refractivity contribution < 1.29 is 18.3 Å². The number of hydrogen-bond donors (Lipinski definition) is 1. The molecule has 0 aliphatic heterocycles. The van der Waals surface area contributed by atoms with Crippen LogP contribution in [0.1, 0.15) is 22.8 Å². The van der Waals surface area contributed by atoms with Gasteiger partial charge in [0.15, 0.2) is 0 Å². The summed E-state index contributed by atoms with van der Waals surface area (Å²) >= 11 is 5.69. The van der Waals surface area contributed by atoms with Crippen LogP contribution in [0.3, 0.4) is 0 Å². The number of aromatic nitrogens is 1. The van der Waals surface area contributed by atoms with Crippen molar-refractivity contribution >= 4 is 11.6 Å². The van der Waals surface area contributed by atoms with Crippen molar-refractivity contribution in [2.45, 2.75) is 12.3 Å². The van der Waals surface area contributed by atoms with Crippen molar-refractivity contribution in [2.24, 2.45) is 0 Å². The van der Waals surface area contributed by atoms with E-state index in [1.165, 1.54) is 24.4 Å². The topological polar surface area (TPSA) is 33.1 Å². The second-order valence-electron chi connectivity index (χ2n) is 3.93. The Balaban J connectivity index is 2.27. The fourth-order valence-electron chi connectivity index (χ4n) is 1.63. The van der Waals surface area contributed by atoms with Gasteiger partial charge in [0.05, 0.1) is 5.56 Å². The van der Waals surface area contributed by atoms with Gasteiger partial charge in [-0.3, -0.25) is 0 Å². The van der Waals surface area contributed by atoms with Crippen molar-refractivity contribution in [3.05, 3.63) is 64.4 Å². The first-order valence-electron chi connectivity index (χ1n) is 5.34. The third-order valence-corrected chi connectivity index (χ3v) is 2.83. The highest BCUT2D eigenvalue weighted by Crippen LogP contribution is 2.31. The fraction of sp³-hybridized carbons (Fsp3) is 0.154. The third kappa shape index (κ3) is 3.24. The van der Waals surface area contributed by atoms with Crippen LogP contribution in [0.25, 0.3) is 0 Å². The van der Waals surface area contributed by atoms with Crippen LogP contribution in [0.15, 0.2) is 42.6 Å². The van der Waals surface area contributed by atoms with Gasteiger partial charge in [-0.25, -0.2) is 4.98 Å². The number of hydrogen-bond acceptors (Lipinski definition) is 2. The summed E-state index contributed by atoms with van der Waals surface area (Å²) in [6.07, 6.45) is -4.00. The SMILES string of the molecule is OC(c1ccc(C(F)(F)F)cc1)c1ccnc(Cl)c1. The molecular weight excluding hydrogens is 279 g/mol. The minimum Gasteiger partial charge on any atom is -0.384 e. The zero-order valence-corrected chi connectivity index (χ0v) is 10.3. The van der Waals surface area contributed by atoms with Crippen LogP contribution in [-0.4, -0.2) is 10.1 Å². The summed E-state index contributed by atoms with van der Waals surface area (Å²) in [5.74, 6) is 0. The molecule has 1 aromatic carbocycles. The van der Waals surface area contributed by atoms with E-state index in [9.17, 15) is 18.3 Å². The zero-order valence-electron chi connectivity index (χ0n) is 9.53. The summed E-state index contributed by atoms with van der Waals surface area (Å²) in [6.45, 7) is 0. The van der Waals surface area contributed by atoms with E-state index in [-0.39, 0.29) is 5.15 Å². The molecule has 0 saturated carbocycles. The maximum atomic E-state index is 12.4. The number of pyridine rings is 1. The van der Waals surface area contributed by atoms with Crippen LogP contribution in [0.2, 0.25) is 5.15 Å². The molecule has 0 aliphatic carbocycles. The number of rotatable bonds is 2. The molecule has 0 amide bonds. The molecule has 1 unspecified atom stereocenters. The number of benzene rings is 1. The monoisotopic (exact) mass is 287 g/mol. The molecule has 100 valence electrons. The highest BCUT2D eigenvalue weighted by molar-refractivity contribution is 6.29. The van der Waals surface area contributed by atoms with Gasteiger partial charge in [-0.15, -0.1) is 0 Å². The van der Waals surface area contributed by atoms with Gasteiger partial charge in [-0.1, -0.05) is 23.7 Å².